The molecule has 8 heteroatoms. The summed E-state index contributed by atoms with van der Waals surface area (Å²) in [6, 6.07) is 13.1. The van der Waals surface area contributed by atoms with Gasteiger partial charge in [0.15, 0.2) is 11.5 Å². The number of hydrogen-bond donors (Lipinski definition) is 1. The molecule has 0 saturated heterocycles. The third-order valence-corrected chi connectivity index (χ3v) is 6.16. The average molecular weight is 455 g/mol. The third kappa shape index (κ3) is 5.03. The van der Waals surface area contributed by atoms with Gasteiger partial charge in [0.25, 0.3) is 5.91 Å². The van der Waals surface area contributed by atoms with Crippen molar-refractivity contribution in [3.8, 4) is 17.2 Å². The normalized spacial score (nSPS) is 13.0. The number of nitrogens with zero attached hydrogens (tertiary/aromatic N) is 2. The first-order valence-electron chi connectivity index (χ1n) is 10.4. The molecular weight excluding hydrogens is 428 g/mol. The molecule has 1 saturated carbocycles. The number of benzene rings is 2. The summed E-state index contributed by atoms with van der Waals surface area (Å²) in [5, 5.41) is 11.8. The predicted octanol–water partition coefficient (Wildman–Crippen LogP) is 4.04. The van der Waals surface area contributed by atoms with Crippen LogP contribution < -0.4 is 14.2 Å². The molecule has 1 fully saturated rings. The summed E-state index contributed by atoms with van der Waals surface area (Å²) in [7, 11) is 3.19. The molecule has 1 aromatic heterocycles. The quantitative estimate of drug-likeness (QED) is 0.498. The summed E-state index contributed by atoms with van der Waals surface area (Å²) in [4.78, 5) is 19.6. The SMILES string of the molecule is COc1cccc(C(=O)N(Cc2cccc(OC)c2OCc2nc(CO)cs2)C2CC2)c1. The minimum Gasteiger partial charge on any atom is -0.497 e. The Kier molecular flexibility index (Phi) is 6.92. The molecule has 4 rings (SSSR count). The van der Waals surface area contributed by atoms with Crippen LogP contribution in [0.5, 0.6) is 17.2 Å². The molecule has 32 heavy (non-hydrogen) atoms. The van der Waals surface area contributed by atoms with Gasteiger partial charge in [-0.05, 0) is 37.1 Å². The molecule has 1 heterocycles. The van der Waals surface area contributed by atoms with E-state index in [4.69, 9.17) is 14.2 Å². The second kappa shape index (κ2) is 10.0. The number of ether oxygens (including phenoxy) is 3. The van der Waals surface area contributed by atoms with Gasteiger partial charge in [0.1, 0.15) is 17.4 Å². The smallest absolute Gasteiger partial charge is 0.254 e. The Morgan fingerprint density at radius 3 is 2.69 bits per heavy atom. The van der Waals surface area contributed by atoms with Crippen LogP contribution in [0.15, 0.2) is 47.8 Å². The number of aliphatic hydroxyl groups is 1. The van der Waals surface area contributed by atoms with E-state index in [1.807, 2.05) is 46.7 Å². The van der Waals surface area contributed by atoms with Crippen LogP contribution in [0.4, 0.5) is 0 Å². The molecule has 3 aromatic rings. The predicted molar refractivity (Wildman–Crippen MR) is 121 cm³/mol. The summed E-state index contributed by atoms with van der Waals surface area (Å²) in [5.41, 5.74) is 2.09. The molecule has 7 nitrogen and oxygen atoms in total. The van der Waals surface area contributed by atoms with Crippen molar-refractivity contribution in [3.05, 3.63) is 69.7 Å². The van der Waals surface area contributed by atoms with E-state index in [9.17, 15) is 9.90 Å². The standard InChI is InChI=1S/C24H26N2O5S/c1-29-20-7-3-5-16(11-20)24(28)26(19-9-10-19)12-17-6-4-8-21(30-2)23(17)31-14-22-25-18(13-27)15-32-22/h3-8,11,15,19,27H,9-10,12-14H2,1-2H3. The van der Waals surface area contributed by atoms with Crippen LogP contribution in [0, 0.1) is 0 Å². The number of hydrogen-bond acceptors (Lipinski definition) is 7. The fourth-order valence-electron chi connectivity index (χ4n) is 3.49. The summed E-state index contributed by atoms with van der Waals surface area (Å²) >= 11 is 1.43. The van der Waals surface area contributed by atoms with E-state index < -0.39 is 0 Å². The van der Waals surface area contributed by atoms with Gasteiger partial charge in [-0.2, -0.15) is 0 Å². The maximum atomic E-state index is 13.3. The first-order chi connectivity index (χ1) is 15.6. The zero-order chi connectivity index (χ0) is 22.5. The maximum absolute atomic E-state index is 13.3. The van der Waals surface area contributed by atoms with Crippen LogP contribution in [-0.2, 0) is 19.8 Å². The van der Waals surface area contributed by atoms with E-state index in [1.165, 1.54) is 11.3 Å². The molecule has 0 aliphatic heterocycles. The van der Waals surface area contributed by atoms with Gasteiger partial charge < -0.3 is 24.2 Å². The zero-order valence-corrected chi connectivity index (χ0v) is 18.9. The summed E-state index contributed by atoms with van der Waals surface area (Å²) < 4.78 is 16.9. The lowest BCUT2D eigenvalue weighted by molar-refractivity contribution is 0.0727. The molecule has 1 aliphatic rings. The first-order valence-corrected chi connectivity index (χ1v) is 11.3. The molecule has 168 valence electrons. The fraction of sp³-hybridized carbons (Fsp3) is 0.333. The Labute approximate surface area is 191 Å². The fourth-order valence-corrected chi connectivity index (χ4v) is 4.19. The lowest BCUT2D eigenvalue weighted by Gasteiger charge is -2.24. The highest BCUT2D eigenvalue weighted by Crippen LogP contribution is 2.36. The van der Waals surface area contributed by atoms with Crippen LogP contribution in [0.3, 0.4) is 0 Å². The van der Waals surface area contributed by atoms with E-state index in [-0.39, 0.29) is 25.2 Å². The Hall–Kier alpha value is -3.10. The average Bonchev–Trinajstić information content (AvgIpc) is 3.57. The second-order valence-electron chi connectivity index (χ2n) is 7.52. The number of aromatic nitrogens is 1. The molecule has 0 bridgehead atoms. The van der Waals surface area contributed by atoms with Crippen LogP contribution >= 0.6 is 11.3 Å². The minimum atomic E-state index is -0.0981. The van der Waals surface area contributed by atoms with E-state index in [2.05, 4.69) is 4.98 Å². The largest absolute Gasteiger partial charge is 0.497 e. The number of aliphatic hydroxyl groups excluding tert-OH is 1. The number of para-hydroxylation sites is 1. The number of methoxy groups -OCH3 is 2. The molecule has 1 N–H and O–H groups in total. The van der Waals surface area contributed by atoms with Crippen molar-refractivity contribution < 1.29 is 24.1 Å². The maximum Gasteiger partial charge on any atom is 0.254 e. The van der Waals surface area contributed by atoms with Crippen LogP contribution in [-0.4, -0.2) is 41.2 Å². The number of rotatable bonds is 10. The van der Waals surface area contributed by atoms with E-state index in [1.54, 1.807) is 20.3 Å². The van der Waals surface area contributed by atoms with E-state index in [0.717, 1.165) is 23.4 Å². The lowest BCUT2D eigenvalue weighted by Crippen LogP contribution is -2.32. The van der Waals surface area contributed by atoms with Crippen LogP contribution in [0.1, 0.15) is 39.5 Å². The van der Waals surface area contributed by atoms with Gasteiger partial charge in [-0.25, -0.2) is 4.98 Å². The van der Waals surface area contributed by atoms with Gasteiger partial charge in [0, 0.05) is 22.5 Å². The van der Waals surface area contributed by atoms with Gasteiger partial charge in [0.2, 0.25) is 0 Å². The van der Waals surface area contributed by atoms with E-state index in [0.29, 0.717) is 35.1 Å². The Morgan fingerprint density at radius 1 is 1.19 bits per heavy atom. The highest BCUT2D eigenvalue weighted by molar-refractivity contribution is 7.09. The highest BCUT2D eigenvalue weighted by atomic mass is 32.1. The van der Waals surface area contributed by atoms with Crippen LogP contribution in [0.25, 0.3) is 0 Å². The Morgan fingerprint density at radius 2 is 2.00 bits per heavy atom. The molecular formula is C24H26N2O5S. The highest BCUT2D eigenvalue weighted by Gasteiger charge is 2.34. The van der Waals surface area contributed by atoms with Gasteiger partial charge in [0.05, 0.1) is 33.1 Å². The number of amides is 1. The topological polar surface area (TPSA) is 81.1 Å². The molecule has 0 spiro atoms. The van der Waals surface area contributed by atoms with Crippen LogP contribution in [0.2, 0.25) is 0 Å². The second-order valence-corrected chi connectivity index (χ2v) is 8.47. The van der Waals surface area contributed by atoms with Crippen molar-refractivity contribution in [2.75, 3.05) is 14.2 Å². The molecule has 0 radical (unpaired) electrons. The van der Waals surface area contributed by atoms with E-state index >= 15 is 0 Å². The monoisotopic (exact) mass is 454 g/mol. The van der Waals surface area contributed by atoms with Gasteiger partial charge >= 0.3 is 0 Å². The zero-order valence-electron chi connectivity index (χ0n) is 18.1. The molecule has 0 unspecified atom stereocenters. The van der Waals surface area contributed by atoms with Crippen molar-refractivity contribution in [3.63, 3.8) is 0 Å². The van der Waals surface area contributed by atoms with Crippen molar-refractivity contribution in [1.29, 1.82) is 0 Å². The Bertz CT molecular complexity index is 1080. The van der Waals surface area contributed by atoms with Gasteiger partial charge in [-0.15, -0.1) is 11.3 Å². The first kappa shape index (κ1) is 22.1. The van der Waals surface area contributed by atoms with Crippen molar-refractivity contribution in [2.45, 2.75) is 38.6 Å². The third-order valence-electron chi connectivity index (χ3n) is 5.29. The van der Waals surface area contributed by atoms with Gasteiger partial charge in [-0.3, -0.25) is 4.79 Å². The number of carbonyl (C=O) groups excluding carboxylic acids is 1. The molecule has 1 amide bonds. The summed E-state index contributed by atoms with van der Waals surface area (Å²) in [6.07, 6.45) is 1.97. The van der Waals surface area contributed by atoms with Crippen molar-refractivity contribution in [2.24, 2.45) is 0 Å². The molecule has 2 aromatic carbocycles. The summed E-state index contributed by atoms with van der Waals surface area (Å²) in [5.74, 6) is 1.82. The molecule has 0 atom stereocenters. The summed E-state index contributed by atoms with van der Waals surface area (Å²) in [6.45, 7) is 0.567. The number of thiazole rings is 1. The Balaban J connectivity index is 1.57. The molecule has 1 aliphatic carbocycles. The van der Waals surface area contributed by atoms with Gasteiger partial charge in [-0.1, -0.05) is 18.2 Å². The lowest BCUT2D eigenvalue weighted by atomic mass is 10.1. The van der Waals surface area contributed by atoms with Crippen molar-refractivity contribution >= 4 is 17.2 Å². The number of carbonyl (C=O) groups is 1. The van der Waals surface area contributed by atoms with Crippen molar-refractivity contribution in [1.82, 2.24) is 9.88 Å². The minimum absolute atomic E-state index is 0.0346.